The Morgan fingerprint density at radius 3 is 2.76 bits per heavy atom. The zero-order valence-corrected chi connectivity index (χ0v) is 12.0. The number of carbonyl (C=O) groups excluding carboxylic acids is 1. The van der Waals surface area contributed by atoms with Gasteiger partial charge in [-0.15, -0.1) is 0 Å². The number of aryl methyl sites for hydroxylation is 1. The van der Waals surface area contributed by atoms with Crippen LogP contribution < -0.4 is 4.74 Å². The van der Waals surface area contributed by atoms with Gasteiger partial charge in [-0.2, -0.15) is 0 Å². The molecule has 6 heteroatoms. The van der Waals surface area contributed by atoms with Crippen LogP contribution in [0.5, 0.6) is 5.75 Å². The lowest BCUT2D eigenvalue weighted by atomic mass is 10.1. The van der Waals surface area contributed by atoms with Crippen LogP contribution in [0.15, 0.2) is 36.4 Å². The Kier molecular flexibility index (Phi) is 4.55. The molecule has 0 fully saturated rings. The van der Waals surface area contributed by atoms with Crippen LogP contribution in [0.3, 0.4) is 0 Å². The summed E-state index contributed by atoms with van der Waals surface area (Å²) in [6.07, 6.45) is 0.684. The summed E-state index contributed by atoms with van der Waals surface area (Å²) < 4.78 is 5.52. The van der Waals surface area contributed by atoms with E-state index >= 15 is 0 Å². The van der Waals surface area contributed by atoms with E-state index in [1.165, 1.54) is 12.1 Å². The molecule has 2 rings (SSSR count). The quantitative estimate of drug-likeness (QED) is 0.476. The minimum Gasteiger partial charge on any atom is -0.488 e. The molecule has 0 unspecified atom stereocenters. The summed E-state index contributed by atoms with van der Waals surface area (Å²) in [7, 11) is 0. The number of ether oxygens (including phenoxy) is 1. The molecule has 5 nitrogen and oxygen atoms in total. The van der Waals surface area contributed by atoms with E-state index in [2.05, 4.69) is 0 Å². The maximum atomic E-state index is 11.0. The average Bonchev–Trinajstić information content (AvgIpc) is 2.46. The van der Waals surface area contributed by atoms with Crippen LogP contribution in [-0.4, -0.2) is 11.2 Å². The zero-order chi connectivity index (χ0) is 15.4. The second kappa shape index (κ2) is 6.37. The molecule has 0 N–H and O–H groups in total. The predicted molar refractivity (Wildman–Crippen MR) is 79.0 cm³/mol. The molecule has 0 atom stereocenters. The summed E-state index contributed by atoms with van der Waals surface area (Å²) in [6.45, 7) is 1.77. The summed E-state index contributed by atoms with van der Waals surface area (Å²) in [5.41, 5.74) is 1.49. The minimum atomic E-state index is -0.514. The third-order valence-corrected chi connectivity index (χ3v) is 3.31. The van der Waals surface area contributed by atoms with Crippen LogP contribution in [0.1, 0.15) is 21.5 Å². The molecule has 0 aliphatic rings. The van der Waals surface area contributed by atoms with Gasteiger partial charge >= 0.3 is 0 Å². The van der Waals surface area contributed by atoms with Crippen LogP contribution in [0.4, 0.5) is 5.69 Å². The molecule has 2 aromatic carbocycles. The van der Waals surface area contributed by atoms with Crippen LogP contribution in [0, 0.1) is 17.0 Å². The lowest BCUT2D eigenvalue weighted by Crippen LogP contribution is -2.03. The van der Waals surface area contributed by atoms with Gasteiger partial charge in [0.05, 0.1) is 21.1 Å². The second-order valence-electron chi connectivity index (χ2n) is 4.44. The van der Waals surface area contributed by atoms with Gasteiger partial charge < -0.3 is 4.74 Å². The van der Waals surface area contributed by atoms with E-state index in [9.17, 15) is 14.9 Å². The number of nitro groups is 1. The largest absolute Gasteiger partial charge is 0.488 e. The normalized spacial score (nSPS) is 10.2. The SMILES string of the molecule is Cc1ccc(OCc2c(Cl)cccc2[N+](=O)[O-])c(C=O)c1. The van der Waals surface area contributed by atoms with Crippen molar-refractivity contribution in [2.24, 2.45) is 0 Å². The Labute approximate surface area is 126 Å². The smallest absolute Gasteiger partial charge is 0.277 e. The maximum Gasteiger partial charge on any atom is 0.277 e. The molecule has 2 aromatic rings. The van der Waals surface area contributed by atoms with Crippen molar-refractivity contribution in [3.05, 3.63) is 68.2 Å². The highest BCUT2D eigenvalue weighted by atomic mass is 35.5. The molecule has 0 heterocycles. The van der Waals surface area contributed by atoms with Crippen molar-refractivity contribution in [1.82, 2.24) is 0 Å². The van der Waals surface area contributed by atoms with Gasteiger partial charge in [-0.25, -0.2) is 0 Å². The highest BCUT2D eigenvalue weighted by Crippen LogP contribution is 2.28. The van der Waals surface area contributed by atoms with Crippen molar-refractivity contribution in [3.8, 4) is 5.75 Å². The summed E-state index contributed by atoms with van der Waals surface area (Å²) >= 11 is 5.98. The molecule has 0 aliphatic carbocycles. The van der Waals surface area contributed by atoms with Gasteiger partial charge in [0, 0.05) is 6.07 Å². The third-order valence-electron chi connectivity index (χ3n) is 2.96. The van der Waals surface area contributed by atoms with Crippen molar-refractivity contribution >= 4 is 23.6 Å². The Morgan fingerprint density at radius 2 is 2.10 bits per heavy atom. The molecule has 0 amide bonds. The van der Waals surface area contributed by atoms with Gasteiger partial charge in [0.1, 0.15) is 12.4 Å². The number of hydrogen-bond acceptors (Lipinski definition) is 4. The van der Waals surface area contributed by atoms with Crippen molar-refractivity contribution in [1.29, 1.82) is 0 Å². The molecule has 0 spiro atoms. The van der Waals surface area contributed by atoms with Crippen LogP contribution in [-0.2, 0) is 6.61 Å². The Morgan fingerprint density at radius 1 is 1.33 bits per heavy atom. The third kappa shape index (κ3) is 3.38. The lowest BCUT2D eigenvalue weighted by Gasteiger charge is -2.10. The van der Waals surface area contributed by atoms with Gasteiger partial charge in [-0.05, 0) is 25.1 Å². The average molecular weight is 306 g/mol. The molecule has 0 bridgehead atoms. The molecular formula is C15H12ClNO4. The summed E-state index contributed by atoms with van der Waals surface area (Å²) in [5.74, 6) is 0.366. The fourth-order valence-corrected chi connectivity index (χ4v) is 2.13. The first-order valence-electron chi connectivity index (χ1n) is 6.13. The first-order valence-corrected chi connectivity index (χ1v) is 6.51. The summed E-state index contributed by atoms with van der Waals surface area (Å²) in [6, 6.07) is 9.56. The van der Waals surface area contributed by atoms with E-state index < -0.39 is 4.92 Å². The number of aldehydes is 1. The van der Waals surface area contributed by atoms with E-state index in [4.69, 9.17) is 16.3 Å². The molecule has 0 saturated heterocycles. The fraction of sp³-hybridized carbons (Fsp3) is 0.133. The number of benzene rings is 2. The Balaban J connectivity index is 2.29. The number of carbonyl (C=O) groups is 1. The van der Waals surface area contributed by atoms with E-state index in [0.717, 1.165) is 5.56 Å². The van der Waals surface area contributed by atoms with Gasteiger partial charge in [-0.3, -0.25) is 14.9 Å². The number of halogens is 1. The first kappa shape index (κ1) is 15.0. The number of nitrogens with zero attached hydrogens (tertiary/aromatic N) is 1. The Bertz CT molecular complexity index is 700. The van der Waals surface area contributed by atoms with Gasteiger partial charge in [0.15, 0.2) is 6.29 Å². The first-order chi connectivity index (χ1) is 10.0. The number of hydrogen-bond donors (Lipinski definition) is 0. The van der Waals surface area contributed by atoms with Crippen LogP contribution in [0.2, 0.25) is 5.02 Å². The van der Waals surface area contributed by atoms with Gasteiger partial charge in [0.2, 0.25) is 0 Å². The molecule has 108 valence electrons. The van der Waals surface area contributed by atoms with Crippen LogP contribution in [0.25, 0.3) is 0 Å². The van der Waals surface area contributed by atoms with E-state index in [-0.39, 0.29) is 22.9 Å². The highest BCUT2D eigenvalue weighted by Gasteiger charge is 2.17. The van der Waals surface area contributed by atoms with E-state index in [1.807, 2.05) is 6.92 Å². The molecular weight excluding hydrogens is 294 g/mol. The molecule has 21 heavy (non-hydrogen) atoms. The van der Waals surface area contributed by atoms with Crippen molar-refractivity contribution in [3.63, 3.8) is 0 Å². The van der Waals surface area contributed by atoms with Crippen molar-refractivity contribution < 1.29 is 14.5 Å². The van der Waals surface area contributed by atoms with E-state index in [1.54, 1.807) is 24.3 Å². The molecule has 0 aromatic heterocycles. The van der Waals surface area contributed by atoms with Crippen molar-refractivity contribution in [2.45, 2.75) is 13.5 Å². The Hall–Kier alpha value is -2.40. The standard InChI is InChI=1S/C15H12ClNO4/c1-10-5-6-15(11(7-10)8-18)21-9-12-13(16)3-2-4-14(12)17(19)20/h2-8H,9H2,1H3. The molecule has 0 saturated carbocycles. The summed E-state index contributed by atoms with van der Waals surface area (Å²) in [5, 5.41) is 11.2. The monoisotopic (exact) mass is 305 g/mol. The molecule has 0 radical (unpaired) electrons. The number of rotatable bonds is 5. The second-order valence-corrected chi connectivity index (χ2v) is 4.85. The molecule has 0 aliphatic heterocycles. The van der Waals surface area contributed by atoms with E-state index in [0.29, 0.717) is 17.6 Å². The van der Waals surface area contributed by atoms with Crippen molar-refractivity contribution in [2.75, 3.05) is 0 Å². The van der Waals surface area contributed by atoms with Gasteiger partial charge in [0.25, 0.3) is 5.69 Å². The summed E-state index contributed by atoms with van der Waals surface area (Å²) in [4.78, 5) is 21.5. The zero-order valence-electron chi connectivity index (χ0n) is 11.2. The fourth-order valence-electron chi connectivity index (χ4n) is 1.90. The minimum absolute atomic E-state index is 0.0834. The predicted octanol–water partition coefficient (Wildman–Crippen LogP) is 3.95. The van der Waals surface area contributed by atoms with Gasteiger partial charge in [-0.1, -0.05) is 29.3 Å². The maximum absolute atomic E-state index is 11.0. The number of nitro benzene ring substituents is 1. The highest BCUT2D eigenvalue weighted by molar-refractivity contribution is 6.31. The topological polar surface area (TPSA) is 69.4 Å². The lowest BCUT2D eigenvalue weighted by molar-refractivity contribution is -0.385. The van der Waals surface area contributed by atoms with Crippen LogP contribution >= 0.6 is 11.6 Å².